The van der Waals surface area contributed by atoms with E-state index in [9.17, 15) is 4.79 Å². The molecule has 4 aromatic rings. The van der Waals surface area contributed by atoms with Gasteiger partial charge in [-0.15, -0.1) is 5.10 Å². The van der Waals surface area contributed by atoms with Crippen LogP contribution in [0.15, 0.2) is 84.1 Å². The van der Waals surface area contributed by atoms with Gasteiger partial charge in [0.2, 0.25) is 5.95 Å². The molecule has 0 spiro atoms. The minimum Gasteiger partial charge on any atom is -0.497 e. The first kappa shape index (κ1) is 24.7. The largest absolute Gasteiger partial charge is 0.497 e. The molecule has 1 aromatic heterocycles. The van der Waals surface area contributed by atoms with Gasteiger partial charge in [-0.05, 0) is 55.2 Å². The van der Waals surface area contributed by atoms with Gasteiger partial charge in [-0.1, -0.05) is 48.5 Å². The van der Waals surface area contributed by atoms with Crippen LogP contribution >= 0.6 is 0 Å². The van der Waals surface area contributed by atoms with Crippen molar-refractivity contribution in [1.82, 2.24) is 14.8 Å². The average Bonchev–Trinajstić information content (AvgIpc) is 3.40. The molecule has 1 N–H and O–H groups in total. The number of ether oxygens (including phenoxy) is 3. The fourth-order valence-corrected chi connectivity index (χ4v) is 5.17. The Labute approximate surface area is 227 Å². The number of carbonyl (C=O) groups is 1. The molecule has 0 amide bonds. The Morgan fingerprint density at radius 2 is 1.85 bits per heavy atom. The Morgan fingerprint density at radius 3 is 2.67 bits per heavy atom. The van der Waals surface area contributed by atoms with E-state index in [0.717, 1.165) is 46.6 Å². The van der Waals surface area contributed by atoms with Gasteiger partial charge in [0.15, 0.2) is 23.1 Å². The van der Waals surface area contributed by atoms with Gasteiger partial charge in [0, 0.05) is 23.3 Å². The Balaban J connectivity index is 1.41. The fourth-order valence-electron chi connectivity index (χ4n) is 5.17. The predicted molar refractivity (Wildman–Crippen MR) is 148 cm³/mol. The van der Waals surface area contributed by atoms with E-state index in [1.807, 2.05) is 84.4 Å². The summed E-state index contributed by atoms with van der Waals surface area (Å²) in [6.45, 7) is 2.86. The van der Waals surface area contributed by atoms with Crippen molar-refractivity contribution in [3.05, 3.63) is 95.2 Å². The lowest BCUT2D eigenvalue weighted by molar-refractivity contribution is -0.116. The maximum atomic E-state index is 13.3. The van der Waals surface area contributed by atoms with Gasteiger partial charge in [-0.25, -0.2) is 4.68 Å². The third kappa shape index (κ3) is 4.85. The first-order valence-corrected chi connectivity index (χ1v) is 13.2. The number of nitrogens with zero attached hydrogens (tertiary/aromatic N) is 3. The Kier molecular flexibility index (Phi) is 6.75. The van der Waals surface area contributed by atoms with Crippen molar-refractivity contribution in [3.8, 4) is 28.6 Å². The minimum absolute atomic E-state index is 0.125. The zero-order valence-corrected chi connectivity index (χ0v) is 22.0. The molecule has 1 aliphatic carbocycles. The number of benzene rings is 3. The number of anilines is 1. The second-order valence-corrected chi connectivity index (χ2v) is 9.55. The van der Waals surface area contributed by atoms with Crippen LogP contribution in [0.4, 0.5) is 5.95 Å². The Bertz CT molecular complexity index is 1540. The van der Waals surface area contributed by atoms with Crippen molar-refractivity contribution < 1.29 is 19.0 Å². The zero-order chi connectivity index (χ0) is 26.8. The number of methoxy groups -OCH3 is 1. The van der Waals surface area contributed by atoms with Gasteiger partial charge < -0.3 is 19.5 Å². The highest BCUT2D eigenvalue weighted by Gasteiger charge is 2.37. The molecular weight excluding hydrogens is 492 g/mol. The highest BCUT2D eigenvalue weighted by molar-refractivity contribution is 5.99. The van der Waals surface area contributed by atoms with Crippen molar-refractivity contribution >= 4 is 11.7 Å². The predicted octanol–water partition coefficient (Wildman–Crippen LogP) is 5.95. The highest BCUT2D eigenvalue weighted by atomic mass is 16.5. The molecule has 6 rings (SSSR count). The summed E-state index contributed by atoms with van der Waals surface area (Å²) in [4.78, 5) is 18.1. The number of fused-ring (bicyclic) bond motifs is 1. The van der Waals surface area contributed by atoms with Crippen LogP contribution in [0.25, 0.3) is 11.4 Å². The number of rotatable bonds is 8. The SMILES string of the molecule is CCOc1cc(C2C3=C(CCCC3=O)Nc3nc(-c4cccc(OC)c4)nn32)ccc1OCc1ccccc1. The highest BCUT2D eigenvalue weighted by Crippen LogP contribution is 2.43. The third-order valence-corrected chi connectivity index (χ3v) is 7.02. The normalized spacial score (nSPS) is 16.3. The first-order chi connectivity index (χ1) is 19.1. The molecule has 8 heteroatoms. The molecule has 198 valence electrons. The first-order valence-electron chi connectivity index (χ1n) is 13.2. The van der Waals surface area contributed by atoms with Crippen molar-refractivity contribution in [2.24, 2.45) is 0 Å². The number of hydrogen-bond acceptors (Lipinski definition) is 7. The Hall–Kier alpha value is -4.59. The molecule has 1 unspecified atom stereocenters. The van der Waals surface area contributed by atoms with E-state index in [2.05, 4.69) is 5.32 Å². The molecule has 2 heterocycles. The second-order valence-electron chi connectivity index (χ2n) is 9.55. The van der Waals surface area contributed by atoms with E-state index >= 15 is 0 Å². The van der Waals surface area contributed by atoms with Crippen LogP contribution < -0.4 is 19.5 Å². The number of nitrogens with one attached hydrogen (secondary N) is 1. The topological polar surface area (TPSA) is 87.5 Å². The molecule has 2 aliphatic rings. The Morgan fingerprint density at radius 1 is 0.974 bits per heavy atom. The molecule has 1 aliphatic heterocycles. The van der Waals surface area contributed by atoms with Crippen LogP contribution in [0, 0.1) is 0 Å². The van der Waals surface area contributed by atoms with Gasteiger partial charge in [0.05, 0.1) is 13.7 Å². The summed E-state index contributed by atoms with van der Waals surface area (Å²) >= 11 is 0. The van der Waals surface area contributed by atoms with E-state index in [1.54, 1.807) is 7.11 Å². The van der Waals surface area contributed by atoms with Gasteiger partial charge in [-0.2, -0.15) is 4.98 Å². The molecule has 0 saturated heterocycles. The lowest BCUT2D eigenvalue weighted by Gasteiger charge is -2.32. The summed E-state index contributed by atoms with van der Waals surface area (Å²) in [5, 5.41) is 8.28. The number of aromatic nitrogens is 3. The molecule has 3 aromatic carbocycles. The van der Waals surface area contributed by atoms with E-state index < -0.39 is 6.04 Å². The smallest absolute Gasteiger partial charge is 0.226 e. The van der Waals surface area contributed by atoms with Crippen LogP contribution in [0.2, 0.25) is 0 Å². The van der Waals surface area contributed by atoms with Crippen LogP contribution in [-0.2, 0) is 11.4 Å². The van der Waals surface area contributed by atoms with Gasteiger partial charge in [0.1, 0.15) is 18.4 Å². The zero-order valence-electron chi connectivity index (χ0n) is 22.0. The van der Waals surface area contributed by atoms with Crippen LogP contribution in [0.3, 0.4) is 0 Å². The fraction of sp³-hybridized carbons (Fsp3) is 0.258. The van der Waals surface area contributed by atoms with Crippen molar-refractivity contribution in [2.45, 2.75) is 38.8 Å². The van der Waals surface area contributed by atoms with E-state index in [-0.39, 0.29) is 5.78 Å². The van der Waals surface area contributed by atoms with E-state index in [4.69, 9.17) is 24.3 Å². The molecule has 0 radical (unpaired) electrons. The number of Topliss-reactive ketones (excluding diaryl/α,β-unsaturated/α-hetero) is 1. The van der Waals surface area contributed by atoms with Gasteiger partial charge >= 0.3 is 0 Å². The van der Waals surface area contributed by atoms with Crippen molar-refractivity contribution in [2.75, 3.05) is 19.0 Å². The molecule has 0 bridgehead atoms. The van der Waals surface area contributed by atoms with Gasteiger partial charge in [0.25, 0.3) is 0 Å². The standard InChI is InChI=1S/C31H30N4O4/c1-3-38-27-18-21(15-16-26(27)39-19-20-9-5-4-6-10-20)29-28-24(13-8-14-25(28)36)32-31-33-30(34-35(29)31)22-11-7-12-23(17-22)37-2/h4-7,9-12,15-18,29H,3,8,13-14,19H2,1-2H3,(H,32,33,34). The van der Waals surface area contributed by atoms with Crippen LogP contribution in [0.1, 0.15) is 43.4 Å². The maximum Gasteiger partial charge on any atom is 0.226 e. The van der Waals surface area contributed by atoms with E-state index in [0.29, 0.717) is 42.9 Å². The molecular formula is C31H30N4O4. The molecule has 39 heavy (non-hydrogen) atoms. The number of ketones is 1. The molecule has 0 fully saturated rings. The summed E-state index contributed by atoms with van der Waals surface area (Å²) in [7, 11) is 1.63. The quantitative estimate of drug-likeness (QED) is 0.306. The second kappa shape index (κ2) is 10.6. The van der Waals surface area contributed by atoms with Gasteiger partial charge in [-0.3, -0.25) is 4.79 Å². The van der Waals surface area contributed by atoms with E-state index in [1.165, 1.54) is 0 Å². The number of carbonyl (C=O) groups excluding carboxylic acids is 1. The summed E-state index contributed by atoms with van der Waals surface area (Å²) < 4.78 is 19.4. The summed E-state index contributed by atoms with van der Waals surface area (Å²) in [5.74, 6) is 3.29. The molecule has 0 saturated carbocycles. The number of allylic oxidation sites excluding steroid dienone is 2. The number of hydrogen-bond donors (Lipinski definition) is 1. The lowest BCUT2D eigenvalue weighted by atomic mass is 9.85. The lowest BCUT2D eigenvalue weighted by Crippen LogP contribution is -2.31. The monoisotopic (exact) mass is 522 g/mol. The van der Waals surface area contributed by atoms with Crippen molar-refractivity contribution in [1.29, 1.82) is 0 Å². The molecule has 8 nitrogen and oxygen atoms in total. The maximum absolute atomic E-state index is 13.3. The minimum atomic E-state index is -0.432. The van der Waals surface area contributed by atoms with Crippen LogP contribution in [-0.4, -0.2) is 34.3 Å². The summed E-state index contributed by atoms with van der Waals surface area (Å²) in [5.41, 5.74) is 4.44. The van der Waals surface area contributed by atoms with Crippen LogP contribution in [0.5, 0.6) is 17.2 Å². The third-order valence-electron chi connectivity index (χ3n) is 7.02. The summed E-state index contributed by atoms with van der Waals surface area (Å²) in [6, 6.07) is 23.1. The average molecular weight is 523 g/mol. The van der Waals surface area contributed by atoms with Crippen molar-refractivity contribution in [3.63, 3.8) is 0 Å². The molecule has 1 atom stereocenters. The summed E-state index contributed by atoms with van der Waals surface area (Å²) in [6.07, 6.45) is 2.11.